The van der Waals surface area contributed by atoms with E-state index in [1.807, 2.05) is 54.6 Å². The lowest BCUT2D eigenvalue weighted by atomic mass is 9.99. The Morgan fingerprint density at radius 2 is 1.83 bits per heavy atom. The monoisotopic (exact) mass is 324 g/mol. The van der Waals surface area contributed by atoms with E-state index in [1.165, 1.54) is 0 Å². The Kier molecular flexibility index (Phi) is 5.11. The molecule has 0 atom stereocenters. The molecular formula is C19H20N2O3. The molecule has 2 amide bonds. The molecule has 1 saturated heterocycles. The Morgan fingerprint density at radius 3 is 2.62 bits per heavy atom. The molecule has 24 heavy (non-hydrogen) atoms. The number of hydrogen-bond acceptors (Lipinski definition) is 3. The lowest BCUT2D eigenvalue weighted by Crippen LogP contribution is -2.42. The molecule has 1 fully saturated rings. The maximum Gasteiger partial charge on any atom is 0.409 e. The van der Waals surface area contributed by atoms with Crippen LogP contribution in [0.25, 0.3) is 11.1 Å². The Morgan fingerprint density at radius 1 is 1.08 bits per heavy atom. The fraction of sp³-hybridized carbons (Fsp3) is 0.263. The highest BCUT2D eigenvalue weighted by Gasteiger charge is 2.19. The van der Waals surface area contributed by atoms with Crippen LogP contribution in [0.5, 0.6) is 0 Å². The third-order valence-corrected chi connectivity index (χ3v) is 3.98. The molecule has 1 aliphatic heterocycles. The molecule has 0 unspecified atom stereocenters. The molecule has 1 aliphatic rings. The van der Waals surface area contributed by atoms with Crippen molar-refractivity contribution in [3.8, 4) is 11.1 Å². The molecule has 1 heterocycles. The van der Waals surface area contributed by atoms with Crippen LogP contribution in [-0.4, -0.2) is 43.1 Å². The highest BCUT2D eigenvalue weighted by molar-refractivity contribution is 6.00. The summed E-state index contributed by atoms with van der Waals surface area (Å²) in [6.45, 7) is 2.01. The van der Waals surface area contributed by atoms with Crippen LogP contribution in [0.3, 0.4) is 0 Å². The third-order valence-electron chi connectivity index (χ3n) is 3.98. The number of ether oxygens (including phenoxy) is 1. The zero-order valence-electron chi connectivity index (χ0n) is 13.4. The van der Waals surface area contributed by atoms with Crippen molar-refractivity contribution in [3.05, 3.63) is 60.2 Å². The summed E-state index contributed by atoms with van der Waals surface area (Å²) in [5, 5.41) is 2.89. The standard InChI is InChI=1S/C19H20N2O3/c22-18(20-11-13-21-12-6-14-24-19(21)23)17-10-5-4-9-16(17)15-7-2-1-3-8-15/h1-5,7-10H,6,11-14H2,(H,20,22). The summed E-state index contributed by atoms with van der Waals surface area (Å²) in [6, 6.07) is 17.3. The maximum absolute atomic E-state index is 12.5. The summed E-state index contributed by atoms with van der Waals surface area (Å²) in [5.41, 5.74) is 2.53. The van der Waals surface area contributed by atoms with Gasteiger partial charge in [0.2, 0.25) is 0 Å². The van der Waals surface area contributed by atoms with Crippen LogP contribution in [0, 0.1) is 0 Å². The van der Waals surface area contributed by atoms with Crippen molar-refractivity contribution in [2.24, 2.45) is 0 Å². The first kappa shape index (κ1) is 16.1. The number of carbonyl (C=O) groups is 2. The molecule has 0 spiro atoms. The second-order valence-electron chi connectivity index (χ2n) is 5.62. The molecule has 1 N–H and O–H groups in total. The van der Waals surface area contributed by atoms with E-state index in [9.17, 15) is 9.59 Å². The predicted molar refractivity (Wildman–Crippen MR) is 91.7 cm³/mol. The summed E-state index contributed by atoms with van der Waals surface area (Å²) < 4.78 is 4.98. The second-order valence-corrected chi connectivity index (χ2v) is 5.62. The van der Waals surface area contributed by atoms with Gasteiger partial charge >= 0.3 is 6.09 Å². The van der Waals surface area contributed by atoms with Gasteiger partial charge in [0, 0.05) is 25.2 Å². The summed E-state index contributed by atoms with van der Waals surface area (Å²) in [5.74, 6) is -0.139. The Balaban J connectivity index is 1.64. The van der Waals surface area contributed by atoms with Crippen LogP contribution in [0.15, 0.2) is 54.6 Å². The average molecular weight is 324 g/mol. The zero-order chi connectivity index (χ0) is 16.8. The lowest BCUT2D eigenvalue weighted by molar-refractivity contribution is 0.0719. The molecule has 2 aromatic carbocycles. The zero-order valence-corrected chi connectivity index (χ0v) is 13.4. The first-order valence-electron chi connectivity index (χ1n) is 8.10. The van der Waals surface area contributed by atoms with E-state index in [2.05, 4.69) is 5.32 Å². The minimum atomic E-state index is -0.305. The van der Waals surface area contributed by atoms with Gasteiger partial charge in [-0.3, -0.25) is 4.79 Å². The maximum atomic E-state index is 12.5. The summed E-state index contributed by atoms with van der Waals surface area (Å²) in [4.78, 5) is 25.7. The minimum Gasteiger partial charge on any atom is -0.449 e. The van der Waals surface area contributed by atoms with Crippen LogP contribution in [0.1, 0.15) is 16.8 Å². The van der Waals surface area contributed by atoms with Gasteiger partial charge in [-0.05, 0) is 23.6 Å². The first-order valence-corrected chi connectivity index (χ1v) is 8.10. The van der Waals surface area contributed by atoms with Crippen LogP contribution >= 0.6 is 0 Å². The summed E-state index contributed by atoms with van der Waals surface area (Å²) >= 11 is 0. The van der Waals surface area contributed by atoms with E-state index in [-0.39, 0.29) is 12.0 Å². The number of cyclic esters (lactones) is 1. The van der Waals surface area contributed by atoms with Crippen LogP contribution < -0.4 is 5.32 Å². The smallest absolute Gasteiger partial charge is 0.409 e. The van der Waals surface area contributed by atoms with E-state index in [1.54, 1.807) is 4.90 Å². The second kappa shape index (κ2) is 7.64. The fourth-order valence-corrected chi connectivity index (χ4v) is 2.75. The molecule has 3 rings (SSSR count). The molecule has 0 radical (unpaired) electrons. The van der Waals surface area contributed by atoms with Gasteiger partial charge in [0.05, 0.1) is 6.61 Å². The van der Waals surface area contributed by atoms with Gasteiger partial charge in [0.15, 0.2) is 0 Å². The minimum absolute atomic E-state index is 0.139. The molecule has 5 heteroatoms. The molecule has 2 aromatic rings. The molecule has 0 aromatic heterocycles. The van der Waals surface area contributed by atoms with E-state index in [0.29, 0.717) is 31.8 Å². The number of carbonyl (C=O) groups excluding carboxylic acids is 2. The summed E-state index contributed by atoms with van der Waals surface area (Å²) in [6.07, 6.45) is 0.525. The first-order chi connectivity index (χ1) is 11.8. The Labute approximate surface area is 141 Å². The fourth-order valence-electron chi connectivity index (χ4n) is 2.75. The van der Waals surface area contributed by atoms with Crippen molar-refractivity contribution in [1.82, 2.24) is 10.2 Å². The van der Waals surface area contributed by atoms with E-state index in [0.717, 1.165) is 17.5 Å². The van der Waals surface area contributed by atoms with Gasteiger partial charge in [-0.1, -0.05) is 48.5 Å². The van der Waals surface area contributed by atoms with Gasteiger partial charge < -0.3 is 15.0 Å². The number of rotatable bonds is 5. The van der Waals surface area contributed by atoms with Crippen molar-refractivity contribution in [2.45, 2.75) is 6.42 Å². The molecular weight excluding hydrogens is 304 g/mol. The van der Waals surface area contributed by atoms with Gasteiger partial charge in [0.25, 0.3) is 5.91 Å². The number of benzene rings is 2. The SMILES string of the molecule is O=C(NCCN1CCCOC1=O)c1ccccc1-c1ccccc1. The van der Waals surface area contributed by atoms with Crippen LogP contribution in [0.2, 0.25) is 0 Å². The predicted octanol–water partition coefficient (Wildman–Crippen LogP) is 2.93. The molecule has 5 nitrogen and oxygen atoms in total. The summed E-state index contributed by atoms with van der Waals surface area (Å²) in [7, 11) is 0. The molecule has 124 valence electrons. The Hall–Kier alpha value is -2.82. The van der Waals surface area contributed by atoms with Crippen molar-refractivity contribution >= 4 is 12.0 Å². The average Bonchev–Trinajstić information content (AvgIpc) is 2.64. The van der Waals surface area contributed by atoms with Crippen molar-refractivity contribution in [2.75, 3.05) is 26.2 Å². The Bertz CT molecular complexity index is 716. The van der Waals surface area contributed by atoms with Crippen molar-refractivity contribution < 1.29 is 14.3 Å². The van der Waals surface area contributed by atoms with Gasteiger partial charge in [-0.25, -0.2) is 4.79 Å². The van der Waals surface area contributed by atoms with Crippen LogP contribution in [-0.2, 0) is 4.74 Å². The molecule has 0 aliphatic carbocycles. The van der Waals surface area contributed by atoms with Crippen molar-refractivity contribution in [3.63, 3.8) is 0 Å². The highest BCUT2D eigenvalue weighted by atomic mass is 16.6. The van der Waals surface area contributed by atoms with E-state index >= 15 is 0 Å². The largest absolute Gasteiger partial charge is 0.449 e. The molecule has 0 bridgehead atoms. The quantitative estimate of drug-likeness (QED) is 0.920. The lowest BCUT2D eigenvalue weighted by Gasteiger charge is -2.26. The van der Waals surface area contributed by atoms with Gasteiger partial charge in [-0.2, -0.15) is 0 Å². The number of nitrogens with one attached hydrogen (secondary N) is 1. The topological polar surface area (TPSA) is 58.6 Å². The normalized spacial score (nSPS) is 14.2. The number of amides is 2. The number of nitrogens with zero attached hydrogens (tertiary/aromatic N) is 1. The van der Waals surface area contributed by atoms with E-state index in [4.69, 9.17) is 4.74 Å². The molecule has 0 saturated carbocycles. The van der Waals surface area contributed by atoms with E-state index < -0.39 is 0 Å². The van der Waals surface area contributed by atoms with Gasteiger partial charge in [0.1, 0.15) is 0 Å². The van der Waals surface area contributed by atoms with Crippen molar-refractivity contribution in [1.29, 1.82) is 0 Å². The third kappa shape index (κ3) is 3.74. The van der Waals surface area contributed by atoms with Gasteiger partial charge in [-0.15, -0.1) is 0 Å². The highest BCUT2D eigenvalue weighted by Crippen LogP contribution is 2.23. The van der Waals surface area contributed by atoms with Crippen LogP contribution in [0.4, 0.5) is 4.79 Å². The number of hydrogen-bond donors (Lipinski definition) is 1.